The van der Waals surface area contributed by atoms with Gasteiger partial charge < -0.3 is 19.4 Å². The molecule has 1 aliphatic carbocycles. The summed E-state index contributed by atoms with van der Waals surface area (Å²) >= 11 is 0. The van der Waals surface area contributed by atoms with Crippen LogP contribution in [-0.2, 0) is 4.74 Å². The molecule has 0 radical (unpaired) electrons. The minimum absolute atomic E-state index is 0.222. The Balaban J connectivity index is 1.39. The molecule has 168 valence electrons. The van der Waals surface area contributed by atoms with Gasteiger partial charge in [-0.2, -0.15) is 10.1 Å². The number of ether oxygens (including phenoxy) is 1. The monoisotopic (exact) mass is 444 g/mol. The van der Waals surface area contributed by atoms with Crippen molar-refractivity contribution in [3.63, 3.8) is 0 Å². The van der Waals surface area contributed by atoms with Gasteiger partial charge in [0.25, 0.3) is 11.9 Å². The molecule has 9 heteroatoms. The summed E-state index contributed by atoms with van der Waals surface area (Å²) in [7, 11) is 0. The number of nitrogens with zero attached hydrogens (tertiary/aromatic N) is 5. The van der Waals surface area contributed by atoms with Crippen LogP contribution in [-0.4, -0.2) is 58.5 Å². The molecule has 2 fully saturated rings. The Morgan fingerprint density at radius 3 is 2.70 bits per heavy atom. The molecular formula is C24H24N6O3. The number of hydrogen-bond donors (Lipinski definition) is 1. The molecule has 2 aliphatic rings. The third kappa shape index (κ3) is 4.07. The van der Waals surface area contributed by atoms with Crippen molar-refractivity contribution >= 4 is 22.8 Å². The van der Waals surface area contributed by atoms with Gasteiger partial charge in [-0.15, -0.1) is 0 Å². The molecule has 1 aliphatic heterocycles. The zero-order chi connectivity index (χ0) is 22.2. The number of aromatic nitrogens is 4. The van der Waals surface area contributed by atoms with Gasteiger partial charge in [0, 0.05) is 37.5 Å². The van der Waals surface area contributed by atoms with E-state index in [0.717, 1.165) is 11.3 Å². The number of furan rings is 1. The smallest absolute Gasteiger partial charge is 0.287 e. The standard InChI is InChI=1S/C24H24N6O3/c31-23(25-15-16-6-7-16)20-14-19-21(33-20)22(29-10-12-32-13-11-29)27-24(26-19)30-9-8-18(28-30)17-4-2-1-3-5-17/h1-5,8-9,14,16H,6-7,10-13,15H2,(H,25,31). The third-order valence-electron chi connectivity index (χ3n) is 5.99. The van der Waals surface area contributed by atoms with Gasteiger partial charge in [-0.3, -0.25) is 4.79 Å². The third-order valence-corrected chi connectivity index (χ3v) is 5.99. The molecule has 1 amide bonds. The Morgan fingerprint density at radius 2 is 1.91 bits per heavy atom. The van der Waals surface area contributed by atoms with Crippen LogP contribution in [0.25, 0.3) is 28.3 Å². The van der Waals surface area contributed by atoms with E-state index in [2.05, 4.69) is 20.3 Å². The van der Waals surface area contributed by atoms with Crippen LogP contribution in [0.4, 0.5) is 5.82 Å². The first-order chi connectivity index (χ1) is 16.2. The predicted molar refractivity (Wildman–Crippen MR) is 122 cm³/mol. The van der Waals surface area contributed by atoms with Crippen molar-refractivity contribution in [2.24, 2.45) is 5.92 Å². The summed E-state index contributed by atoms with van der Waals surface area (Å²) in [6, 6.07) is 13.6. The quantitative estimate of drug-likeness (QED) is 0.488. The lowest BCUT2D eigenvalue weighted by atomic mass is 10.2. The van der Waals surface area contributed by atoms with Crippen molar-refractivity contribution in [2.75, 3.05) is 37.7 Å². The van der Waals surface area contributed by atoms with Crippen molar-refractivity contribution < 1.29 is 13.9 Å². The van der Waals surface area contributed by atoms with Crippen LogP contribution in [0.2, 0.25) is 0 Å². The van der Waals surface area contributed by atoms with Crippen LogP contribution < -0.4 is 10.2 Å². The van der Waals surface area contributed by atoms with Crippen molar-refractivity contribution in [2.45, 2.75) is 12.8 Å². The molecule has 0 unspecified atom stereocenters. The molecule has 4 heterocycles. The number of anilines is 1. The van der Waals surface area contributed by atoms with Crippen LogP contribution in [0.3, 0.4) is 0 Å². The molecule has 1 N–H and O–H groups in total. The summed E-state index contributed by atoms with van der Waals surface area (Å²) < 4.78 is 13.1. The summed E-state index contributed by atoms with van der Waals surface area (Å²) in [5, 5.41) is 7.64. The van der Waals surface area contributed by atoms with E-state index in [1.165, 1.54) is 12.8 Å². The molecule has 4 aromatic rings. The number of fused-ring (bicyclic) bond motifs is 1. The van der Waals surface area contributed by atoms with E-state index in [9.17, 15) is 4.79 Å². The molecule has 9 nitrogen and oxygen atoms in total. The van der Waals surface area contributed by atoms with Crippen LogP contribution >= 0.6 is 0 Å². The Kier molecular flexibility index (Phi) is 5.03. The maximum atomic E-state index is 12.6. The summed E-state index contributed by atoms with van der Waals surface area (Å²) in [6.07, 6.45) is 4.19. The SMILES string of the molecule is O=C(NCC1CC1)c1cc2nc(-n3ccc(-c4ccccc4)n3)nc(N3CCOCC3)c2o1. The number of carbonyl (C=O) groups is 1. The first-order valence-corrected chi connectivity index (χ1v) is 11.3. The van der Waals surface area contributed by atoms with Gasteiger partial charge in [0.05, 0.1) is 18.9 Å². The summed E-state index contributed by atoms with van der Waals surface area (Å²) in [5.74, 6) is 1.69. The van der Waals surface area contributed by atoms with Crippen LogP contribution in [0, 0.1) is 5.92 Å². The number of benzene rings is 1. The highest BCUT2D eigenvalue weighted by Gasteiger charge is 2.25. The summed E-state index contributed by atoms with van der Waals surface area (Å²) in [4.78, 5) is 24.2. The topological polar surface area (TPSA) is 98.3 Å². The first kappa shape index (κ1) is 19.9. The van der Waals surface area contributed by atoms with Crippen molar-refractivity contribution in [3.05, 3.63) is 54.4 Å². The predicted octanol–water partition coefficient (Wildman–Crippen LogP) is 3.05. The molecule has 1 saturated heterocycles. The maximum absolute atomic E-state index is 12.6. The van der Waals surface area contributed by atoms with Crippen LogP contribution in [0.15, 0.2) is 53.1 Å². The van der Waals surface area contributed by atoms with E-state index < -0.39 is 0 Å². The number of hydrogen-bond acceptors (Lipinski definition) is 7. The minimum Gasteiger partial charge on any atom is -0.445 e. The van der Waals surface area contributed by atoms with E-state index in [4.69, 9.17) is 14.1 Å². The fourth-order valence-corrected chi connectivity index (χ4v) is 3.95. The molecule has 0 bridgehead atoms. The molecule has 33 heavy (non-hydrogen) atoms. The average Bonchev–Trinajstić information content (AvgIpc) is 3.38. The molecular weight excluding hydrogens is 420 g/mol. The zero-order valence-corrected chi connectivity index (χ0v) is 18.1. The zero-order valence-electron chi connectivity index (χ0n) is 18.1. The van der Waals surface area contributed by atoms with Crippen LogP contribution in [0.5, 0.6) is 0 Å². The second-order valence-corrected chi connectivity index (χ2v) is 8.44. The van der Waals surface area contributed by atoms with Crippen molar-refractivity contribution in [3.8, 4) is 17.2 Å². The van der Waals surface area contributed by atoms with Gasteiger partial charge >= 0.3 is 0 Å². The van der Waals surface area contributed by atoms with Gasteiger partial charge in [-0.05, 0) is 24.8 Å². The highest BCUT2D eigenvalue weighted by Crippen LogP contribution is 2.30. The highest BCUT2D eigenvalue weighted by atomic mass is 16.5. The van der Waals surface area contributed by atoms with Crippen LogP contribution in [0.1, 0.15) is 23.4 Å². The maximum Gasteiger partial charge on any atom is 0.287 e. The molecule has 1 saturated carbocycles. The van der Waals surface area contributed by atoms with Crippen molar-refractivity contribution in [1.82, 2.24) is 25.1 Å². The summed E-state index contributed by atoms with van der Waals surface area (Å²) in [6.45, 7) is 3.26. The number of nitrogens with one attached hydrogen (secondary N) is 1. The van der Waals surface area contributed by atoms with Gasteiger partial charge in [-0.1, -0.05) is 30.3 Å². The molecule has 0 atom stereocenters. The Bertz CT molecular complexity index is 1290. The van der Waals surface area contributed by atoms with E-state index in [1.807, 2.05) is 42.6 Å². The van der Waals surface area contributed by atoms with E-state index >= 15 is 0 Å². The largest absolute Gasteiger partial charge is 0.445 e. The second kappa shape index (κ2) is 8.32. The van der Waals surface area contributed by atoms with Gasteiger partial charge in [0.1, 0.15) is 5.52 Å². The summed E-state index contributed by atoms with van der Waals surface area (Å²) in [5.41, 5.74) is 2.94. The van der Waals surface area contributed by atoms with Crippen molar-refractivity contribution in [1.29, 1.82) is 0 Å². The Hall–Kier alpha value is -3.72. The average molecular weight is 444 g/mol. The molecule has 6 rings (SSSR count). The minimum atomic E-state index is -0.222. The van der Waals surface area contributed by atoms with E-state index in [1.54, 1.807) is 10.7 Å². The lowest BCUT2D eigenvalue weighted by molar-refractivity contribution is 0.0926. The van der Waals surface area contributed by atoms with E-state index in [0.29, 0.717) is 61.6 Å². The number of morpholine rings is 1. The second-order valence-electron chi connectivity index (χ2n) is 8.44. The normalized spacial score (nSPS) is 16.3. The molecule has 0 spiro atoms. The Morgan fingerprint density at radius 1 is 1.09 bits per heavy atom. The highest BCUT2D eigenvalue weighted by molar-refractivity contribution is 5.97. The van der Waals surface area contributed by atoms with Gasteiger partial charge in [-0.25, -0.2) is 9.67 Å². The lowest BCUT2D eigenvalue weighted by Crippen LogP contribution is -2.37. The van der Waals surface area contributed by atoms with Gasteiger partial charge in [0.2, 0.25) is 0 Å². The number of rotatable bonds is 6. The van der Waals surface area contributed by atoms with Gasteiger partial charge in [0.15, 0.2) is 17.2 Å². The number of carbonyl (C=O) groups excluding carboxylic acids is 1. The molecule has 3 aromatic heterocycles. The fraction of sp³-hybridized carbons (Fsp3) is 0.333. The molecule has 1 aromatic carbocycles. The first-order valence-electron chi connectivity index (χ1n) is 11.3. The fourth-order valence-electron chi connectivity index (χ4n) is 3.95. The lowest BCUT2D eigenvalue weighted by Gasteiger charge is -2.27. The Labute approximate surface area is 190 Å². The number of amides is 1. The van der Waals surface area contributed by atoms with E-state index in [-0.39, 0.29) is 11.7 Å².